The van der Waals surface area contributed by atoms with Gasteiger partial charge >= 0.3 is 5.97 Å². The summed E-state index contributed by atoms with van der Waals surface area (Å²) in [6.07, 6.45) is 3.87. The van der Waals surface area contributed by atoms with E-state index in [1.165, 1.54) is 6.20 Å². The van der Waals surface area contributed by atoms with Gasteiger partial charge in [0.25, 0.3) is 0 Å². The van der Waals surface area contributed by atoms with E-state index in [0.717, 1.165) is 31.1 Å². The predicted octanol–water partition coefficient (Wildman–Crippen LogP) is 1.67. The largest absolute Gasteiger partial charge is 0.477 e. The molecular weight excluding hydrogens is 300 g/mol. The number of aromatic amines is 1. The molecule has 6 nitrogen and oxygen atoms in total. The third-order valence-corrected chi connectivity index (χ3v) is 6.04. The number of carboxylic acid groups (broad SMARTS) is 1. The van der Waals surface area contributed by atoms with Gasteiger partial charge in [-0.15, -0.1) is 0 Å². The fraction of sp³-hybridized carbons (Fsp3) is 0.583. The maximum absolute atomic E-state index is 12.2. The summed E-state index contributed by atoms with van der Waals surface area (Å²) in [6.45, 7) is 2.09. The van der Waals surface area contributed by atoms with Crippen LogP contribution in [0.1, 0.15) is 36.7 Å². The highest BCUT2D eigenvalue weighted by Crippen LogP contribution is 2.30. The minimum absolute atomic E-state index is 0.0264. The minimum Gasteiger partial charge on any atom is -0.477 e. The average Bonchev–Trinajstić information content (AvgIpc) is 2.98. The molecule has 112 valence electrons. The maximum atomic E-state index is 12.2. The van der Waals surface area contributed by atoms with E-state index >= 15 is 0 Å². The maximum Gasteiger partial charge on any atom is 0.352 e. The second kappa shape index (κ2) is 6.19. The first kappa shape index (κ1) is 15.4. The Labute approximate surface area is 122 Å². The molecule has 1 saturated carbocycles. The zero-order chi connectivity index (χ0) is 14.8. The Bertz CT molecular complexity index is 582. The van der Waals surface area contributed by atoms with Crippen molar-refractivity contribution >= 4 is 27.8 Å². The van der Waals surface area contributed by atoms with Crippen molar-refractivity contribution in [1.29, 1.82) is 0 Å². The van der Waals surface area contributed by atoms with E-state index < -0.39 is 16.0 Å². The summed E-state index contributed by atoms with van der Waals surface area (Å²) in [4.78, 5) is 13.2. The molecule has 2 unspecified atom stereocenters. The van der Waals surface area contributed by atoms with Crippen LogP contribution in [0.25, 0.3) is 0 Å². The standard InChI is InChI=1S/C12H18N2O4S2/c1-2-19-9-4-3-8(5-9)14-20(17,18)10-6-11(12(15)16)13-7-10/h6-9,13-14H,2-5H2,1H3,(H,15,16). The molecule has 0 saturated heterocycles. The van der Waals surface area contributed by atoms with Gasteiger partial charge in [0, 0.05) is 17.5 Å². The summed E-state index contributed by atoms with van der Waals surface area (Å²) in [5.41, 5.74) is -0.129. The Kier molecular flexibility index (Phi) is 4.77. The smallest absolute Gasteiger partial charge is 0.352 e. The van der Waals surface area contributed by atoms with Gasteiger partial charge in [-0.1, -0.05) is 6.92 Å². The first-order chi connectivity index (χ1) is 9.42. The van der Waals surface area contributed by atoms with Gasteiger partial charge < -0.3 is 10.1 Å². The third kappa shape index (κ3) is 3.56. The van der Waals surface area contributed by atoms with Crippen LogP contribution < -0.4 is 4.72 Å². The van der Waals surface area contributed by atoms with Crippen LogP contribution in [0.5, 0.6) is 0 Å². The number of nitrogens with one attached hydrogen (secondary N) is 2. The Morgan fingerprint density at radius 2 is 2.30 bits per heavy atom. The van der Waals surface area contributed by atoms with E-state index in [1.807, 2.05) is 11.8 Å². The third-order valence-electron chi connectivity index (χ3n) is 3.31. The molecule has 20 heavy (non-hydrogen) atoms. The lowest BCUT2D eigenvalue weighted by molar-refractivity contribution is 0.0691. The zero-order valence-corrected chi connectivity index (χ0v) is 12.8. The lowest BCUT2D eigenvalue weighted by Gasteiger charge is -2.12. The lowest BCUT2D eigenvalue weighted by atomic mass is 10.3. The van der Waals surface area contributed by atoms with Crippen molar-refractivity contribution < 1.29 is 18.3 Å². The number of hydrogen-bond donors (Lipinski definition) is 3. The number of aromatic nitrogens is 1. The highest BCUT2D eigenvalue weighted by atomic mass is 32.2. The summed E-state index contributed by atoms with van der Waals surface area (Å²) in [5.74, 6) is -0.143. The summed E-state index contributed by atoms with van der Waals surface area (Å²) < 4.78 is 27.0. The molecule has 0 spiro atoms. The number of H-pyrrole nitrogens is 1. The second-order valence-corrected chi connectivity index (χ2v) is 8.05. The summed E-state index contributed by atoms with van der Waals surface area (Å²) >= 11 is 1.85. The second-order valence-electron chi connectivity index (χ2n) is 4.76. The van der Waals surface area contributed by atoms with E-state index in [1.54, 1.807) is 0 Å². The monoisotopic (exact) mass is 318 g/mol. The number of rotatable bonds is 6. The van der Waals surface area contributed by atoms with Gasteiger partial charge in [-0.3, -0.25) is 0 Å². The summed E-state index contributed by atoms with van der Waals surface area (Å²) in [6, 6.07) is 1.07. The van der Waals surface area contributed by atoms with Crippen LogP contribution in [0.3, 0.4) is 0 Å². The number of sulfonamides is 1. The van der Waals surface area contributed by atoms with Crippen LogP contribution in [0.4, 0.5) is 0 Å². The highest BCUT2D eigenvalue weighted by Gasteiger charge is 2.29. The molecule has 1 fully saturated rings. The highest BCUT2D eigenvalue weighted by molar-refractivity contribution is 7.99. The first-order valence-electron chi connectivity index (χ1n) is 6.48. The van der Waals surface area contributed by atoms with Crippen LogP contribution in [-0.2, 0) is 10.0 Å². The molecule has 1 aliphatic carbocycles. The SMILES string of the molecule is CCSC1CCC(NS(=O)(=O)c2c[nH]c(C(=O)O)c2)C1. The quantitative estimate of drug-likeness (QED) is 0.741. The molecule has 1 aromatic heterocycles. The van der Waals surface area contributed by atoms with Crippen molar-refractivity contribution in [3.63, 3.8) is 0 Å². The van der Waals surface area contributed by atoms with E-state index in [-0.39, 0.29) is 16.6 Å². The van der Waals surface area contributed by atoms with Gasteiger partial charge in [0.05, 0.1) is 0 Å². The number of carbonyl (C=O) groups is 1. The topological polar surface area (TPSA) is 99.3 Å². The number of hydrogen-bond acceptors (Lipinski definition) is 4. The Hall–Kier alpha value is -0.990. The van der Waals surface area contributed by atoms with Crippen molar-refractivity contribution in [1.82, 2.24) is 9.71 Å². The fourth-order valence-corrected chi connectivity index (χ4v) is 4.79. The van der Waals surface area contributed by atoms with Crippen molar-refractivity contribution in [2.75, 3.05) is 5.75 Å². The molecule has 0 aromatic carbocycles. The summed E-state index contributed by atoms with van der Waals surface area (Å²) in [7, 11) is -3.65. The van der Waals surface area contributed by atoms with Crippen LogP contribution in [0, 0.1) is 0 Å². The predicted molar refractivity (Wildman–Crippen MR) is 77.6 cm³/mol. The van der Waals surface area contributed by atoms with Gasteiger partial charge in [-0.25, -0.2) is 17.9 Å². The van der Waals surface area contributed by atoms with Crippen molar-refractivity contribution in [3.05, 3.63) is 18.0 Å². The molecule has 0 radical (unpaired) electrons. The van der Waals surface area contributed by atoms with Gasteiger partial charge in [0.2, 0.25) is 10.0 Å². The molecular formula is C12H18N2O4S2. The van der Waals surface area contributed by atoms with E-state index in [4.69, 9.17) is 5.11 Å². The molecule has 0 bridgehead atoms. The van der Waals surface area contributed by atoms with Gasteiger partial charge in [-0.2, -0.15) is 11.8 Å². The van der Waals surface area contributed by atoms with Crippen molar-refractivity contribution in [2.45, 2.75) is 42.4 Å². The molecule has 0 aliphatic heterocycles. The normalized spacial score (nSPS) is 23.1. The van der Waals surface area contributed by atoms with Crippen LogP contribution in [0.15, 0.2) is 17.2 Å². The first-order valence-corrected chi connectivity index (χ1v) is 9.01. The molecule has 8 heteroatoms. The van der Waals surface area contributed by atoms with Gasteiger partial charge in [-0.05, 0) is 31.1 Å². The average molecular weight is 318 g/mol. The molecule has 0 amide bonds. The summed E-state index contributed by atoms with van der Waals surface area (Å²) in [5, 5.41) is 9.30. The Morgan fingerprint density at radius 3 is 2.90 bits per heavy atom. The van der Waals surface area contributed by atoms with Crippen LogP contribution in [-0.4, -0.2) is 41.5 Å². The van der Waals surface area contributed by atoms with Crippen molar-refractivity contribution in [3.8, 4) is 0 Å². The molecule has 1 heterocycles. The fourth-order valence-electron chi connectivity index (χ4n) is 2.37. The molecule has 3 N–H and O–H groups in total. The number of aromatic carboxylic acids is 1. The Morgan fingerprint density at radius 1 is 1.55 bits per heavy atom. The van der Waals surface area contributed by atoms with Gasteiger partial charge in [0.15, 0.2) is 0 Å². The minimum atomic E-state index is -3.65. The zero-order valence-electron chi connectivity index (χ0n) is 11.1. The number of thioether (sulfide) groups is 1. The van der Waals surface area contributed by atoms with Crippen LogP contribution >= 0.6 is 11.8 Å². The van der Waals surface area contributed by atoms with E-state index in [9.17, 15) is 13.2 Å². The Balaban J connectivity index is 2.02. The molecule has 1 aromatic rings. The van der Waals surface area contributed by atoms with E-state index in [2.05, 4.69) is 16.6 Å². The molecule has 2 rings (SSSR count). The number of carboxylic acids is 1. The van der Waals surface area contributed by atoms with Gasteiger partial charge in [0.1, 0.15) is 10.6 Å². The lowest BCUT2D eigenvalue weighted by Crippen LogP contribution is -2.33. The molecule has 2 atom stereocenters. The molecule has 1 aliphatic rings. The van der Waals surface area contributed by atoms with E-state index in [0.29, 0.717) is 5.25 Å². The van der Waals surface area contributed by atoms with Crippen molar-refractivity contribution in [2.24, 2.45) is 0 Å². The van der Waals surface area contributed by atoms with Crippen LogP contribution in [0.2, 0.25) is 0 Å².